The second-order valence-electron chi connectivity index (χ2n) is 4.00. The van der Waals surface area contributed by atoms with Crippen molar-refractivity contribution in [1.82, 2.24) is 4.98 Å². The lowest BCUT2D eigenvalue weighted by molar-refractivity contribution is 0.102. The van der Waals surface area contributed by atoms with Crippen LogP contribution in [-0.4, -0.2) is 17.9 Å². The third kappa shape index (κ3) is 3.10. The van der Waals surface area contributed by atoms with Crippen LogP contribution in [0, 0.1) is 23.3 Å². The molecule has 0 aliphatic heterocycles. The Hall–Kier alpha value is -2.64. The van der Waals surface area contributed by atoms with Gasteiger partial charge in [-0.3, -0.25) is 4.79 Å². The highest BCUT2D eigenvalue weighted by molar-refractivity contribution is 6.07. The Balaban J connectivity index is 2.37. The van der Waals surface area contributed by atoms with Gasteiger partial charge in [-0.05, 0) is 6.07 Å². The molecule has 0 aliphatic rings. The van der Waals surface area contributed by atoms with E-state index in [2.05, 4.69) is 10.3 Å². The molecule has 0 bridgehead atoms. The molecule has 2 aromatic rings. The standard InChI is InChI=1S/C13H9F4N3O/c1-18-12-8(2-7(15)5-19-12)13(21)20-11-9(16)3-6(14)4-10(11)17/h2-5H,1H3,(H,18,19)(H,20,21). The Labute approximate surface area is 116 Å². The van der Waals surface area contributed by atoms with Gasteiger partial charge in [-0.2, -0.15) is 0 Å². The molecule has 1 aromatic carbocycles. The molecule has 2 rings (SSSR count). The van der Waals surface area contributed by atoms with Crippen LogP contribution in [0.5, 0.6) is 0 Å². The summed E-state index contributed by atoms with van der Waals surface area (Å²) in [5, 5.41) is 4.46. The number of pyridine rings is 1. The van der Waals surface area contributed by atoms with Crippen LogP contribution in [0.4, 0.5) is 29.1 Å². The zero-order valence-electron chi connectivity index (χ0n) is 10.7. The molecule has 1 aromatic heterocycles. The molecule has 8 heteroatoms. The highest BCUT2D eigenvalue weighted by atomic mass is 19.1. The Morgan fingerprint density at radius 2 is 1.67 bits per heavy atom. The number of amides is 1. The largest absolute Gasteiger partial charge is 0.372 e. The highest BCUT2D eigenvalue weighted by Gasteiger charge is 2.18. The van der Waals surface area contributed by atoms with Crippen molar-refractivity contribution in [2.75, 3.05) is 17.7 Å². The van der Waals surface area contributed by atoms with E-state index in [0.717, 1.165) is 12.3 Å². The van der Waals surface area contributed by atoms with Crippen molar-refractivity contribution >= 4 is 17.4 Å². The van der Waals surface area contributed by atoms with Gasteiger partial charge in [-0.1, -0.05) is 0 Å². The van der Waals surface area contributed by atoms with Crippen LogP contribution in [0.25, 0.3) is 0 Å². The van der Waals surface area contributed by atoms with Crippen LogP contribution in [-0.2, 0) is 0 Å². The third-order valence-electron chi connectivity index (χ3n) is 2.58. The van der Waals surface area contributed by atoms with Crippen molar-refractivity contribution in [1.29, 1.82) is 0 Å². The first-order chi connectivity index (χ1) is 9.92. The molecule has 1 amide bonds. The quantitative estimate of drug-likeness (QED) is 0.857. The van der Waals surface area contributed by atoms with Crippen LogP contribution in [0.3, 0.4) is 0 Å². The first kappa shape index (κ1) is 14.8. The van der Waals surface area contributed by atoms with Gasteiger partial charge in [-0.25, -0.2) is 22.5 Å². The molecule has 0 radical (unpaired) electrons. The fraction of sp³-hybridized carbons (Fsp3) is 0.0769. The predicted octanol–water partition coefficient (Wildman–Crippen LogP) is 2.93. The smallest absolute Gasteiger partial charge is 0.259 e. The van der Waals surface area contributed by atoms with Gasteiger partial charge in [0.15, 0.2) is 11.6 Å². The number of benzene rings is 1. The maximum absolute atomic E-state index is 13.4. The molecule has 0 atom stereocenters. The number of hydrogen-bond acceptors (Lipinski definition) is 3. The van der Waals surface area contributed by atoms with E-state index in [1.165, 1.54) is 7.05 Å². The van der Waals surface area contributed by atoms with E-state index in [1.807, 2.05) is 5.32 Å². The van der Waals surface area contributed by atoms with Crippen LogP contribution < -0.4 is 10.6 Å². The summed E-state index contributed by atoms with van der Waals surface area (Å²) in [6.07, 6.45) is 0.877. The van der Waals surface area contributed by atoms with Gasteiger partial charge in [0, 0.05) is 19.2 Å². The second kappa shape index (κ2) is 5.78. The number of nitrogens with one attached hydrogen (secondary N) is 2. The van der Waals surface area contributed by atoms with Gasteiger partial charge >= 0.3 is 0 Å². The van der Waals surface area contributed by atoms with Gasteiger partial charge in [0.1, 0.15) is 23.1 Å². The number of hydrogen-bond donors (Lipinski definition) is 2. The molecule has 2 N–H and O–H groups in total. The summed E-state index contributed by atoms with van der Waals surface area (Å²) in [7, 11) is 1.44. The average molecular weight is 299 g/mol. The minimum atomic E-state index is -1.28. The Bertz CT molecular complexity index is 683. The van der Waals surface area contributed by atoms with Crippen LogP contribution in [0.1, 0.15) is 10.4 Å². The molecule has 110 valence electrons. The second-order valence-corrected chi connectivity index (χ2v) is 4.00. The lowest BCUT2D eigenvalue weighted by Crippen LogP contribution is -2.17. The van der Waals surface area contributed by atoms with Crippen molar-refractivity contribution in [3.05, 3.63) is 53.2 Å². The molecular weight excluding hydrogens is 290 g/mol. The number of aromatic nitrogens is 1. The summed E-state index contributed by atoms with van der Waals surface area (Å²) in [5.41, 5.74) is -1.08. The molecule has 4 nitrogen and oxygen atoms in total. The first-order valence-corrected chi connectivity index (χ1v) is 5.71. The van der Waals surface area contributed by atoms with Gasteiger partial charge in [-0.15, -0.1) is 0 Å². The summed E-state index contributed by atoms with van der Waals surface area (Å²) in [5.74, 6) is -5.44. The normalized spacial score (nSPS) is 10.3. The van der Waals surface area contributed by atoms with Crippen LogP contribution in [0.2, 0.25) is 0 Å². The number of nitrogens with zero attached hydrogens (tertiary/aromatic N) is 1. The van der Waals surface area contributed by atoms with Gasteiger partial charge in [0.25, 0.3) is 5.91 Å². The van der Waals surface area contributed by atoms with Crippen molar-refractivity contribution < 1.29 is 22.4 Å². The molecular formula is C13H9F4N3O. The van der Waals surface area contributed by atoms with Crippen molar-refractivity contribution in [3.63, 3.8) is 0 Å². The predicted molar refractivity (Wildman–Crippen MR) is 68.0 cm³/mol. The van der Waals surface area contributed by atoms with Gasteiger partial charge < -0.3 is 10.6 Å². The van der Waals surface area contributed by atoms with E-state index < -0.39 is 34.9 Å². The topological polar surface area (TPSA) is 54.0 Å². The molecule has 0 spiro atoms. The average Bonchev–Trinajstić information content (AvgIpc) is 2.42. The summed E-state index contributed by atoms with van der Waals surface area (Å²) < 4.78 is 52.8. The molecule has 0 aliphatic carbocycles. The lowest BCUT2D eigenvalue weighted by Gasteiger charge is -2.10. The molecule has 0 saturated heterocycles. The SMILES string of the molecule is CNc1ncc(F)cc1C(=O)Nc1c(F)cc(F)cc1F. The zero-order valence-corrected chi connectivity index (χ0v) is 10.7. The van der Waals surface area contributed by atoms with E-state index in [4.69, 9.17) is 0 Å². The van der Waals surface area contributed by atoms with Crippen molar-refractivity contribution in [2.24, 2.45) is 0 Å². The van der Waals surface area contributed by atoms with Gasteiger partial charge in [0.2, 0.25) is 0 Å². The summed E-state index contributed by atoms with van der Waals surface area (Å²) in [6, 6.07) is 1.69. The number of halogens is 4. The number of rotatable bonds is 3. The number of carbonyl (C=O) groups excluding carboxylic acids is 1. The molecule has 0 saturated carbocycles. The van der Waals surface area contributed by atoms with E-state index >= 15 is 0 Å². The Kier molecular flexibility index (Phi) is 4.06. The first-order valence-electron chi connectivity index (χ1n) is 5.71. The maximum atomic E-state index is 13.4. The van der Waals surface area contributed by atoms with Crippen LogP contribution >= 0.6 is 0 Å². The lowest BCUT2D eigenvalue weighted by atomic mass is 10.2. The van der Waals surface area contributed by atoms with Crippen molar-refractivity contribution in [3.8, 4) is 0 Å². The molecule has 0 unspecified atom stereocenters. The van der Waals surface area contributed by atoms with E-state index in [1.54, 1.807) is 0 Å². The minimum Gasteiger partial charge on any atom is -0.372 e. The summed E-state index contributed by atoms with van der Waals surface area (Å²) >= 11 is 0. The van der Waals surface area contributed by atoms with E-state index in [0.29, 0.717) is 12.1 Å². The van der Waals surface area contributed by atoms with E-state index in [9.17, 15) is 22.4 Å². The zero-order chi connectivity index (χ0) is 15.6. The third-order valence-corrected chi connectivity index (χ3v) is 2.58. The molecule has 21 heavy (non-hydrogen) atoms. The van der Waals surface area contributed by atoms with Crippen molar-refractivity contribution in [2.45, 2.75) is 0 Å². The fourth-order valence-corrected chi connectivity index (χ4v) is 1.65. The monoisotopic (exact) mass is 299 g/mol. The minimum absolute atomic E-state index is 0.0248. The van der Waals surface area contributed by atoms with E-state index in [-0.39, 0.29) is 11.4 Å². The molecule has 0 fully saturated rings. The summed E-state index contributed by atoms with van der Waals surface area (Å²) in [6.45, 7) is 0. The molecule has 1 heterocycles. The van der Waals surface area contributed by atoms with Gasteiger partial charge in [0.05, 0.1) is 11.8 Å². The Morgan fingerprint density at radius 3 is 2.24 bits per heavy atom. The van der Waals surface area contributed by atoms with Crippen LogP contribution in [0.15, 0.2) is 24.4 Å². The Morgan fingerprint density at radius 1 is 1.05 bits per heavy atom. The highest BCUT2D eigenvalue weighted by Crippen LogP contribution is 2.22. The fourth-order valence-electron chi connectivity index (χ4n) is 1.65. The number of carbonyl (C=O) groups is 1. The number of anilines is 2. The maximum Gasteiger partial charge on any atom is 0.259 e. The summed E-state index contributed by atoms with van der Waals surface area (Å²) in [4.78, 5) is 15.6.